The van der Waals surface area contributed by atoms with E-state index >= 15 is 0 Å². The Balaban J connectivity index is 1.83. The van der Waals surface area contributed by atoms with Crippen molar-refractivity contribution in [1.29, 1.82) is 0 Å². The highest BCUT2D eigenvalue weighted by Gasteiger charge is 2.29. The van der Waals surface area contributed by atoms with Crippen LogP contribution in [0, 0.1) is 0 Å². The zero-order valence-electron chi connectivity index (χ0n) is 15.4. The second-order valence-electron chi connectivity index (χ2n) is 7.23. The van der Waals surface area contributed by atoms with E-state index in [2.05, 4.69) is 20.4 Å². The van der Waals surface area contributed by atoms with E-state index in [1.807, 2.05) is 0 Å². The monoisotopic (exact) mass is 374 g/mol. The summed E-state index contributed by atoms with van der Waals surface area (Å²) < 4.78 is 6.54. The summed E-state index contributed by atoms with van der Waals surface area (Å²) in [4.78, 5) is 31.7. The normalized spacial score (nSPS) is 12.9. The van der Waals surface area contributed by atoms with Gasteiger partial charge in [0.1, 0.15) is 17.0 Å². The average Bonchev–Trinajstić information content (AvgIpc) is 2.92. The van der Waals surface area contributed by atoms with E-state index in [1.165, 1.54) is 4.68 Å². The Kier molecular flexibility index (Phi) is 4.73. The number of hydrogen-bond acceptors (Lipinski definition) is 7. The van der Waals surface area contributed by atoms with Crippen molar-refractivity contribution in [3.05, 3.63) is 23.0 Å². The summed E-state index contributed by atoms with van der Waals surface area (Å²) in [7, 11) is 0. The Morgan fingerprint density at radius 3 is 2.74 bits per heavy atom. The van der Waals surface area contributed by atoms with Crippen molar-refractivity contribution in [3.63, 3.8) is 0 Å². The lowest BCUT2D eigenvalue weighted by Crippen LogP contribution is -2.34. The summed E-state index contributed by atoms with van der Waals surface area (Å²) in [5.74, 6) is -0.967. The lowest BCUT2D eigenvalue weighted by molar-refractivity contribution is 0.0525. The first-order valence-electron chi connectivity index (χ1n) is 8.57. The molecular weight excluding hydrogens is 352 g/mol. The number of nitrogen functional groups attached to an aromatic ring is 1. The number of nitrogens with zero attached hydrogens (tertiary/aromatic N) is 4. The number of nitrogens with one attached hydrogen (secondary N) is 1. The number of nitrogens with two attached hydrogens (primary N) is 1. The van der Waals surface area contributed by atoms with Gasteiger partial charge in [0.2, 0.25) is 5.95 Å². The molecule has 0 aliphatic heterocycles. The highest BCUT2D eigenvalue weighted by Crippen LogP contribution is 2.33. The summed E-state index contributed by atoms with van der Waals surface area (Å²) in [6, 6.07) is 0. The molecule has 0 unspecified atom stereocenters. The fourth-order valence-corrected chi connectivity index (χ4v) is 2.97. The molecule has 2 aromatic heterocycles. The van der Waals surface area contributed by atoms with Gasteiger partial charge in [-0.05, 0) is 39.2 Å². The summed E-state index contributed by atoms with van der Waals surface area (Å²) in [5.41, 5.74) is 7.72. The van der Waals surface area contributed by atoms with E-state index in [0.29, 0.717) is 29.8 Å². The van der Waals surface area contributed by atoms with Crippen LogP contribution in [0.1, 0.15) is 42.4 Å². The molecule has 2 aromatic rings. The van der Waals surface area contributed by atoms with Crippen molar-refractivity contribution in [1.82, 2.24) is 25.1 Å². The van der Waals surface area contributed by atoms with E-state index in [0.717, 1.165) is 5.56 Å². The van der Waals surface area contributed by atoms with Crippen LogP contribution < -0.4 is 11.1 Å². The molecular formula is C17H22N6O4. The van der Waals surface area contributed by atoms with Crippen LogP contribution in [0.4, 0.5) is 10.7 Å². The summed E-state index contributed by atoms with van der Waals surface area (Å²) in [5, 5.41) is 16.7. The van der Waals surface area contributed by atoms with Gasteiger partial charge in [0, 0.05) is 18.3 Å². The van der Waals surface area contributed by atoms with Gasteiger partial charge in [-0.25, -0.2) is 19.6 Å². The van der Waals surface area contributed by atoms with Crippen molar-refractivity contribution < 1.29 is 19.4 Å². The van der Waals surface area contributed by atoms with Crippen molar-refractivity contribution in [2.24, 2.45) is 0 Å². The average molecular weight is 374 g/mol. The number of alkyl carbamates (subject to hydrolysis) is 1. The third kappa shape index (κ3) is 3.99. The number of aryl methyl sites for hydroxylation is 1. The molecule has 10 nitrogen and oxygen atoms in total. The minimum atomic E-state index is -1.08. The molecule has 0 saturated heterocycles. The molecule has 0 fully saturated rings. The molecule has 1 aliphatic carbocycles. The number of carbonyl (C=O) groups excluding carboxylic acids is 1. The van der Waals surface area contributed by atoms with Gasteiger partial charge in [-0.1, -0.05) is 0 Å². The van der Waals surface area contributed by atoms with Gasteiger partial charge in [0.25, 0.3) is 0 Å². The van der Waals surface area contributed by atoms with Gasteiger partial charge in [0.05, 0.1) is 12.2 Å². The maximum Gasteiger partial charge on any atom is 0.407 e. The molecule has 1 amide bonds. The number of carbonyl (C=O) groups is 2. The number of carboxylic acid groups (broad SMARTS) is 1. The van der Waals surface area contributed by atoms with Gasteiger partial charge in [-0.15, -0.1) is 0 Å². The third-order valence-electron chi connectivity index (χ3n) is 4.00. The van der Waals surface area contributed by atoms with E-state index in [1.54, 1.807) is 27.0 Å². The van der Waals surface area contributed by atoms with Crippen LogP contribution in [0.3, 0.4) is 0 Å². The molecule has 144 valence electrons. The van der Waals surface area contributed by atoms with Crippen LogP contribution in [-0.4, -0.2) is 49.1 Å². The summed E-state index contributed by atoms with van der Waals surface area (Å²) in [6.45, 7) is 5.66. The Bertz CT molecular complexity index is 900. The minimum Gasteiger partial charge on any atom is -0.477 e. The standard InChI is InChI=1S/C17H22N6O4/c1-17(2,3)27-16(26)19-6-7-23-13(14(24)25)10-5-4-9-8-20-15(18)21-11(9)12(10)22-23/h8H,4-7H2,1-3H3,(H,19,26)(H,24,25)(H2,18,20,21). The molecule has 0 saturated carbocycles. The number of ether oxygens (including phenoxy) is 1. The number of rotatable bonds is 4. The zero-order chi connectivity index (χ0) is 19.8. The fraction of sp³-hybridized carbons (Fsp3) is 0.471. The molecule has 3 rings (SSSR count). The number of aromatic carboxylic acids is 1. The predicted molar refractivity (Wildman–Crippen MR) is 96.3 cm³/mol. The van der Waals surface area contributed by atoms with E-state index in [9.17, 15) is 14.7 Å². The van der Waals surface area contributed by atoms with Crippen molar-refractivity contribution in [3.8, 4) is 11.4 Å². The zero-order valence-corrected chi connectivity index (χ0v) is 15.4. The molecule has 2 heterocycles. The van der Waals surface area contributed by atoms with Crippen LogP contribution in [0.2, 0.25) is 0 Å². The largest absolute Gasteiger partial charge is 0.477 e. The van der Waals surface area contributed by atoms with Gasteiger partial charge >= 0.3 is 12.1 Å². The number of fused-ring (bicyclic) bond motifs is 3. The fourth-order valence-electron chi connectivity index (χ4n) is 2.97. The molecule has 4 N–H and O–H groups in total. The SMILES string of the molecule is CC(C)(C)OC(=O)NCCn1nc2c(c1C(=O)O)CCc1cnc(N)nc1-2. The molecule has 1 aliphatic rings. The third-order valence-corrected chi connectivity index (χ3v) is 4.00. The lowest BCUT2D eigenvalue weighted by Gasteiger charge is -2.19. The van der Waals surface area contributed by atoms with Gasteiger partial charge in [-0.3, -0.25) is 4.68 Å². The molecule has 0 spiro atoms. The Morgan fingerprint density at radius 1 is 1.33 bits per heavy atom. The molecule has 0 atom stereocenters. The molecule has 27 heavy (non-hydrogen) atoms. The predicted octanol–water partition coefficient (Wildman–Crippen LogP) is 1.24. The van der Waals surface area contributed by atoms with Crippen LogP contribution in [0.15, 0.2) is 6.20 Å². The second-order valence-corrected chi connectivity index (χ2v) is 7.23. The van der Waals surface area contributed by atoms with Crippen LogP contribution in [-0.2, 0) is 24.1 Å². The maximum absolute atomic E-state index is 11.8. The maximum atomic E-state index is 11.8. The Labute approximate surface area is 155 Å². The van der Waals surface area contributed by atoms with E-state index < -0.39 is 17.7 Å². The van der Waals surface area contributed by atoms with Crippen LogP contribution in [0.25, 0.3) is 11.4 Å². The minimum absolute atomic E-state index is 0.0961. The van der Waals surface area contributed by atoms with Gasteiger partial charge in [-0.2, -0.15) is 5.10 Å². The number of amides is 1. The van der Waals surface area contributed by atoms with E-state index in [4.69, 9.17) is 10.5 Å². The van der Waals surface area contributed by atoms with Crippen LogP contribution in [0.5, 0.6) is 0 Å². The van der Waals surface area contributed by atoms with Crippen molar-refractivity contribution in [2.45, 2.75) is 45.8 Å². The van der Waals surface area contributed by atoms with E-state index in [-0.39, 0.29) is 24.7 Å². The second kappa shape index (κ2) is 6.86. The topological polar surface area (TPSA) is 145 Å². The first-order chi connectivity index (χ1) is 12.7. The number of anilines is 1. The molecule has 10 heteroatoms. The van der Waals surface area contributed by atoms with Crippen molar-refractivity contribution >= 4 is 18.0 Å². The summed E-state index contributed by atoms with van der Waals surface area (Å²) in [6.07, 6.45) is 2.22. The smallest absolute Gasteiger partial charge is 0.407 e. The Hall–Kier alpha value is -3.17. The molecule has 0 aromatic carbocycles. The van der Waals surface area contributed by atoms with Crippen molar-refractivity contribution in [2.75, 3.05) is 12.3 Å². The number of aromatic nitrogens is 4. The molecule has 0 bridgehead atoms. The highest BCUT2D eigenvalue weighted by atomic mass is 16.6. The lowest BCUT2D eigenvalue weighted by atomic mass is 9.93. The van der Waals surface area contributed by atoms with Gasteiger partial charge < -0.3 is 20.9 Å². The quantitative estimate of drug-likeness (QED) is 0.725. The first-order valence-corrected chi connectivity index (χ1v) is 8.57. The highest BCUT2D eigenvalue weighted by molar-refractivity contribution is 5.90. The Morgan fingerprint density at radius 2 is 2.07 bits per heavy atom. The van der Waals surface area contributed by atoms with Gasteiger partial charge in [0.15, 0.2) is 0 Å². The number of hydrogen-bond donors (Lipinski definition) is 3. The first kappa shape index (κ1) is 18.6. The molecule has 0 radical (unpaired) electrons. The number of carboxylic acids is 1. The summed E-state index contributed by atoms with van der Waals surface area (Å²) >= 11 is 0. The van der Waals surface area contributed by atoms with Crippen LogP contribution >= 0.6 is 0 Å².